The van der Waals surface area contributed by atoms with Crippen LogP contribution in [0.3, 0.4) is 0 Å². The van der Waals surface area contributed by atoms with Crippen LogP contribution in [0.25, 0.3) is 0 Å². The molecule has 7 heteroatoms. The van der Waals surface area contributed by atoms with Gasteiger partial charge in [-0.25, -0.2) is 14.6 Å². The van der Waals surface area contributed by atoms with E-state index in [1.165, 1.54) is 18.3 Å². The van der Waals surface area contributed by atoms with Gasteiger partial charge in [0.2, 0.25) is 0 Å². The van der Waals surface area contributed by atoms with E-state index >= 15 is 0 Å². The lowest BCUT2D eigenvalue weighted by atomic mass is 10.3. The third kappa shape index (κ3) is 3.78. The molecule has 0 atom stereocenters. The molecule has 0 unspecified atom stereocenters. The molecule has 2 aromatic heterocycles. The molecule has 19 heavy (non-hydrogen) atoms. The molecule has 0 fully saturated rings. The molecule has 0 aliphatic carbocycles. The lowest BCUT2D eigenvalue weighted by Gasteiger charge is -2.06. The Balaban J connectivity index is 1.86. The van der Waals surface area contributed by atoms with Crippen LogP contribution in [-0.4, -0.2) is 22.1 Å². The van der Waals surface area contributed by atoms with E-state index in [-0.39, 0.29) is 11.7 Å². The Kier molecular flexibility index (Phi) is 4.09. The van der Waals surface area contributed by atoms with Gasteiger partial charge in [0.25, 0.3) is 0 Å². The molecule has 2 aromatic rings. The molecule has 0 aliphatic rings. The second-order valence-electron chi connectivity index (χ2n) is 3.62. The number of nitrogens with zero attached hydrogens (tertiary/aromatic N) is 1. The van der Waals surface area contributed by atoms with Crippen LogP contribution in [0.15, 0.2) is 35.8 Å². The Morgan fingerprint density at radius 1 is 1.32 bits per heavy atom. The smallest absolute Gasteiger partial charge is 0.354 e. The van der Waals surface area contributed by atoms with E-state index in [0.29, 0.717) is 12.2 Å². The zero-order valence-corrected chi connectivity index (χ0v) is 10.6. The van der Waals surface area contributed by atoms with Crippen LogP contribution in [0.5, 0.6) is 0 Å². The minimum atomic E-state index is -1.10. The zero-order valence-electron chi connectivity index (χ0n) is 9.79. The first kappa shape index (κ1) is 13.0. The van der Waals surface area contributed by atoms with Crippen molar-refractivity contribution in [1.29, 1.82) is 0 Å². The van der Waals surface area contributed by atoms with Crippen molar-refractivity contribution >= 4 is 29.0 Å². The maximum Gasteiger partial charge on any atom is 0.354 e. The molecule has 2 rings (SSSR count). The van der Waals surface area contributed by atoms with Crippen LogP contribution < -0.4 is 10.6 Å². The molecule has 0 spiro atoms. The number of carbonyl (C=O) groups is 2. The lowest BCUT2D eigenvalue weighted by molar-refractivity contribution is 0.0690. The highest BCUT2D eigenvalue weighted by Crippen LogP contribution is 2.08. The Hall–Kier alpha value is -2.41. The quantitative estimate of drug-likeness (QED) is 0.798. The van der Waals surface area contributed by atoms with Gasteiger partial charge in [-0.2, -0.15) is 0 Å². The van der Waals surface area contributed by atoms with Gasteiger partial charge in [0, 0.05) is 4.88 Å². The zero-order chi connectivity index (χ0) is 13.7. The fourth-order valence-electron chi connectivity index (χ4n) is 1.35. The lowest BCUT2D eigenvalue weighted by Crippen LogP contribution is -2.27. The number of carbonyl (C=O) groups excluding carboxylic acids is 1. The third-order valence-corrected chi connectivity index (χ3v) is 3.12. The molecule has 0 saturated carbocycles. The number of amides is 2. The Morgan fingerprint density at radius 3 is 2.74 bits per heavy atom. The molecular weight excluding hydrogens is 266 g/mol. The van der Waals surface area contributed by atoms with Crippen molar-refractivity contribution in [3.63, 3.8) is 0 Å². The Labute approximate surface area is 113 Å². The van der Waals surface area contributed by atoms with Crippen molar-refractivity contribution in [2.24, 2.45) is 0 Å². The van der Waals surface area contributed by atoms with Gasteiger partial charge >= 0.3 is 12.0 Å². The molecule has 6 nitrogen and oxygen atoms in total. The Bertz CT molecular complexity index is 566. The highest BCUT2D eigenvalue weighted by molar-refractivity contribution is 7.09. The summed E-state index contributed by atoms with van der Waals surface area (Å²) in [5.74, 6) is -1.10. The number of aromatic carboxylic acids is 1. The molecule has 0 radical (unpaired) electrons. The maximum absolute atomic E-state index is 11.6. The van der Waals surface area contributed by atoms with E-state index < -0.39 is 5.97 Å². The summed E-state index contributed by atoms with van der Waals surface area (Å²) >= 11 is 1.56. The number of carboxylic acid groups (broad SMARTS) is 1. The molecular formula is C12H11N3O3S. The first-order valence-corrected chi connectivity index (χ1v) is 6.29. The fourth-order valence-corrected chi connectivity index (χ4v) is 1.99. The monoisotopic (exact) mass is 277 g/mol. The van der Waals surface area contributed by atoms with Gasteiger partial charge in [0.15, 0.2) is 0 Å². The van der Waals surface area contributed by atoms with Crippen molar-refractivity contribution in [3.8, 4) is 0 Å². The predicted octanol–water partition coefficient (Wildman–Crippen LogP) is 2.16. The summed E-state index contributed by atoms with van der Waals surface area (Å²) in [7, 11) is 0. The first-order valence-electron chi connectivity index (χ1n) is 5.42. The minimum absolute atomic E-state index is 0.0652. The Morgan fingerprint density at radius 2 is 2.16 bits per heavy atom. The highest BCUT2D eigenvalue weighted by atomic mass is 32.1. The second kappa shape index (κ2) is 5.96. The molecule has 2 amide bonds. The van der Waals surface area contributed by atoms with Gasteiger partial charge in [-0.15, -0.1) is 11.3 Å². The number of rotatable bonds is 4. The summed E-state index contributed by atoms with van der Waals surface area (Å²) in [6, 6.07) is 6.29. The average Bonchev–Trinajstić information content (AvgIpc) is 2.90. The summed E-state index contributed by atoms with van der Waals surface area (Å²) in [4.78, 5) is 26.9. The van der Waals surface area contributed by atoms with Gasteiger partial charge in [0.1, 0.15) is 5.69 Å². The van der Waals surface area contributed by atoms with Crippen molar-refractivity contribution in [2.75, 3.05) is 5.32 Å². The van der Waals surface area contributed by atoms with Crippen LogP contribution in [0.2, 0.25) is 0 Å². The number of aromatic nitrogens is 1. The number of hydrogen-bond acceptors (Lipinski definition) is 4. The third-order valence-electron chi connectivity index (χ3n) is 2.24. The summed E-state index contributed by atoms with van der Waals surface area (Å²) in [6.07, 6.45) is 1.30. The topological polar surface area (TPSA) is 91.3 Å². The minimum Gasteiger partial charge on any atom is -0.477 e. The number of pyridine rings is 1. The van der Waals surface area contributed by atoms with E-state index in [1.807, 2.05) is 17.5 Å². The molecule has 0 aliphatic heterocycles. The number of thiophene rings is 1. The van der Waals surface area contributed by atoms with Gasteiger partial charge < -0.3 is 15.7 Å². The van der Waals surface area contributed by atoms with Crippen molar-refractivity contribution in [3.05, 3.63) is 46.4 Å². The predicted molar refractivity (Wildman–Crippen MR) is 71.4 cm³/mol. The van der Waals surface area contributed by atoms with E-state index in [4.69, 9.17) is 5.11 Å². The SMILES string of the molecule is O=C(NCc1cccs1)Nc1ccc(C(=O)O)nc1. The average molecular weight is 277 g/mol. The van der Waals surface area contributed by atoms with Crippen LogP contribution >= 0.6 is 11.3 Å². The molecule has 98 valence electrons. The first-order chi connectivity index (χ1) is 9.15. The summed E-state index contributed by atoms with van der Waals surface area (Å²) in [5, 5.41) is 15.9. The van der Waals surface area contributed by atoms with Crippen molar-refractivity contribution < 1.29 is 14.7 Å². The van der Waals surface area contributed by atoms with Crippen LogP contribution in [0.4, 0.5) is 10.5 Å². The molecule has 0 saturated heterocycles. The van der Waals surface area contributed by atoms with Gasteiger partial charge in [-0.3, -0.25) is 0 Å². The van der Waals surface area contributed by atoms with Gasteiger partial charge in [-0.05, 0) is 23.6 Å². The summed E-state index contributed by atoms with van der Waals surface area (Å²) in [6.45, 7) is 0.449. The fraction of sp³-hybridized carbons (Fsp3) is 0.0833. The number of nitrogens with one attached hydrogen (secondary N) is 2. The normalized spacial score (nSPS) is 9.89. The number of anilines is 1. The second-order valence-corrected chi connectivity index (χ2v) is 4.66. The maximum atomic E-state index is 11.6. The van der Waals surface area contributed by atoms with Crippen LogP contribution in [-0.2, 0) is 6.54 Å². The summed E-state index contributed by atoms with van der Waals surface area (Å²) < 4.78 is 0. The molecule has 0 aromatic carbocycles. The van der Waals surface area contributed by atoms with E-state index in [1.54, 1.807) is 11.3 Å². The summed E-state index contributed by atoms with van der Waals surface area (Å²) in [5.41, 5.74) is 0.373. The van der Waals surface area contributed by atoms with Crippen molar-refractivity contribution in [1.82, 2.24) is 10.3 Å². The van der Waals surface area contributed by atoms with Crippen LogP contribution in [0.1, 0.15) is 15.4 Å². The van der Waals surface area contributed by atoms with Crippen molar-refractivity contribution in [2.45, 2.75) is 6.54 Å². The number of carboxylic acids is 1. The van der Waals surface area contributed by atoms with E-state index in [9.17, 15) is 9.59 Å². The number of hydrogen-bond donors (Lipinski definition) is 3. The molecule has 0 bridgehead atoms. The molecule has 2 heterocycles. The molecule has 3 N–H and O–H groups in total. The van der Waals surface area contributed by atoms with E-state index in [2.05, 4.69) is 15.6 Å². The van der Waals surface area contributed by atoms with Crippen LogP contribution in [0, 0.1) is 0 Å². The standard InChI is InChI=1S/C12H11N3O3S/c16-11(17)10-4-3-8(6-13-10)15-12(18)14-7-9-2-1-5-19-9/h1-6H,7H2,(H,16,17)(H2,14,15,18). The number of urea groups is 1. The largest absolute Gasteiger partial charge is 0.477 e. The van der Waals surface area contributed by atoms with Gasteiger partial charge in [-0.1, -0.05) is 6.07 Å². The van der Waals surface area contributed by atoms with Gasteiger partial charge in [0.05, 0.1) is 18.4 Å². The van der Waals surface area contributed by atoms with E-state index in [0.717, 1.165) is 4.88 Å². The highest BCUT2D eigenvalue weighted by Gasteiger charge is 2.05.